The van der Waals surface area contributed by atoms with E-state index in [4.69, 9.17) is 39.2 Å². The van der Waals surface area contributed by atoms with Crippen molar-refractivity contribution in [2.75, 3.05) is 0 Å². The summed E-state index contributed by atoms with van der Waals surface area (Å²) in [5.74, 6) is 3.57. The molecule has 602 valence electrons. The second kappa shape index (κ2) is 35.8. The van der Waals surface area contributed by atoms with E-state index >= 15 is 0 Å². The summed E-state index contributed by atoms with van der Waals surface area (Å²) < 4.78 is 13.1. The van der Waals surface area contributed by atoms with Crippen LogP contribution in [-0.2, 0) is 9.31 Å². The van der Waals surface area contributed by atoms with Crippen LogP contribution in [0.3, 0.4) is 0 Å². The zero-order valence-electron chi connectivity index (χ0n) is 70.5. The van der Waals surface area contributed by atoms with Gasteiger partial charge in [-0.15, -0.1) is 0 Å². The number of aromatic nitrogens is 8. The molecule has 4 aromatic heterocycles. The largest absolute Gasteiger partial charge is 0.494 e. The number of benzene rings is 16. The van der Waals surface area contributed by atoms with Crippen LogP contribution in [0.1, 0.15) is 33.3 Å². The van der Waals surface area contributed by atoms with Crippen molar-refractivity contribution in [3.8, 4) is 168 Å². The number of rotatable bonds is 16. The predicted molar refractivity (Wildman–Crippen MR) is 519 cm³/mol. The minimum absolute atomic E-state index is 0.490. The first-order valence-corrected chi connectivity index (χ1v) is 42.5. The SMILES string of the molecule is CC1(C)OB(c2cc(-c3ccncc3)cc(-c3nc(-c4ccc(-c5ccccc5)cc4)nc(-c4ccc(-c5ccccc5)cc4)n3)c2)OC1(C)C.Cc1ccc2cc(-c3ccccc3)ccc2c1.c1ccc(-c2ccc(-c3nc(-c4ccc(-c5ccccc5)cc4)nc(-c4cc(-c5ccncc5)cc(-c5ccc6cc(-c7ccccc7)ccc6c5)c4)n3)cc2)cc1. The molecule has 21 rings (SSSR count). The molecule has 1 aliphatic heterocycles. The summed E-state index contributed by atoms with van der Waals surface area (Å²) in [7, 11) is -0.563. The van der Waals surface area contributed by atoms with Crippen molar-refractivity contribution in [3.63, 3.8) is 0 Å². The van der Waals surface area contributed by atoms with E-state index < -0.39 is 18.3 Å². The Labute approximate surface area is 735 Å². The lowest BCUT2D eigenvalue weighted by molar-refractivity contribution is 0.00578. The molecule has 0 unspecified atom stereocenters. The zero-order valence-corrected chi connectivity index (χ0v) is 70.5. The van der Waals surface area contributed by atoms with E-state index in [0.29, 0.717) is 34.9 Å². The van der Waals surface area contributed by atoms with Crippen molar-refractivity contribution in [3.05, 3.63) is 443 Å². The van der Waals surface area contributed by atoms with Gasteiger partial charge >= 0.3 is 7.12 Å². The molecular weight excluding hydrogens is 1540 g/mol. The van der Waals surface area contributed by atoms with Crippen LogP contribution in [0.5, 0.6) is 0 Å². The summed E-state index contributed by atoms with van der Waals surface area (Å²) in [4.78, 5) is 39.3. The number of nitrogens with zero attached hydrogens (tertiary/aromatic N) is 8. The van der Waals surface area contributed by atoms with Gasteiger partial charge in [0.15, 0.2) is 34.9 Å². The molecule has 1 aliphatic rings. The number of hydrogen-bond acceptors (Lipinski definition) is 10. The Bertz CT molecular complexity index is 6990. The fourth-order valence-corrected chi connectivity index (χ4v) is 15.9. The van der Waals surface area contributed by atoms with Crippen LogP contribution in [-0.4, -0.2) is 58.2 Å². The second-order valence-electron chi connectivity index (χ2n) is 32.7. The highest BCUT2D eigenvalue weighted by molar-refractivity contribution is 6.62. The van der Waals surface area contributed by atoms with Crippen LogP contribution in [0.4, 0.5) is 0 Å². The number of aryl methyl sites for hydroxylation is 1. The van der Waals surface area contributed by atoms with Gasteiger partial charge in [0.05, 0.1) is 11.2 Å². The van der Waals surface area contributed by atoms with Gasteiger partial charge in [0.25, 0.3) is 0 Å². The van der Waals surface area contributed by atoms with Crippen molar-refractivity contribution in [2.24, 2.45) is 0 Å². The summed E-state index contributed by atoms with van der Waals surface area (Å²) in [6.07, 6.45) is 7.26. The maximum absolute atomic E-state index is 6.53. The third-order valence-electron chi connectivity index (χ3n) is 23.6. The van der Waals surface area contributed by atoms with Gasteiger partial charge in [-0.2, -0.15) is 0 Å². The summed E-state index contributed by atoms with van der Waals surface area (Å²) in [6, 6.07) is 144. The van der Waals surface area contributed by atoms with E-state index in [9.17, 15) is 0 Å². The van der Waals surface area contributed by atoms with Crippen molar-refractivity contribution < 1.29 is 9.31 Å². The van der Waals surface area contributed by atoms with Crippen molar-refractivity contribution in [2.45, 2.75) is 45.8 Å². The molecule has 10 nitrogen and oxygen atoms in total. The molecule has 0 atom stereocenters. The van der Waals surface area contributed by atoms with Gasteiger partial charge in [0.2, 0.25) is 0 Å². The van der Waals surface area contributed by atoms with Gasteiger partial charge in [-0.25, -0.2) is 29.9 Å². The molecule has 126 heavy (non-hydrogen) atoms. The third-order valence-corrected chi connectivity index (χ3v) is 23.6. The van der Waals surface area contributed by atoms with Crippen molar-refractivity contribution >= 4 is 34.1 Å². The molecule has 0 aliphatic carbocycles. The molecular formula is C115H87BN8O2. The standard InChI is InChI=1S/C54H36N4.C44H37BN4O2.C17H14/c1-4-10-37(11-5-1)40-16-20-43(21-17-40)52-56-53(44-22-18-41(19-23-44)38-12-6-2-7-13-38)58-54(57-52)51-35-49(42-28-30-55-31-29-42)34-50(36-51)48-27-26-46-32-45(24-25-47(46)33-48)39-14-8-3-9-15-39;1-43(2)44(3,4)51-45(50-43)39-28-37(34-23-25-46-26-24-34)27-38(29-39)42-48-40(35-19-15-32(16-20-35)30-11-7-5-8-12-30)47-41(49-42)36-21-17-33(18-22-36)31-13-9-6-10-14-31;1-13-7-8-17-12-16(10-9-15(17)11-13)14-5-3-2-4-6-14/h1-36H;5-29H,1-4H3;2-12H,1H3. The average Bonchev–Trinajstić information content (AvgIpc) is 1.55. The van der Waals surface area contributed by atoms with Crippen LogP contribution in [0.25, 0.3) is 190 Å². The topological polar surface area (TPSA) is 122 Å². The van der Waals surface area contributed by atoms with Crippen molar-refractivity contribution in [1.29, 1.82) is 0 Å². The van der Waals surface area contributed by atoms with Gasteiger partial charge in [0, 0.05) is 58.2 Å². The number of pyridine rings is 2. The van der Waals surface area contributed by atoms with Crippen molar-refractivity contribution in [1.82, 2.24) is 39.9 Å². The summed E-state index contributed by atoms with van der Waals surface area (Å²) in [5, 5.41) is 4.98. The lowest BCUT2D eigenvalue weighted by atomic mass is 9.77. The van der Waals surface area contributed by atoms with E-state index in [1.54, 1.807) is 12.4 Å². The Kier molecular flexibility index (Phi) is 22.8. The Hall–Kier alpha value is -15.7. The minimum atomic E-state index is -0.563. The van der Waals surface area contributed by atoms with Crippen LogP contribution >= 0.6 is 0 Å². The quantitative estimate of drug-likeness (QED) is 0.0865. The molecule has 0 spiro atoms. The maximum atomic E-state index is 6.53. The molecule has 0 N–H and O–H groups in total. The molecule has 16 aromatic carbocycles. The van der Waals surface area contributed by atoms with Gasteiger partial charge in [-0.1, -0.05) is 351 Å². The monoisotopic (exact) mass is 1620 g/mol. The maximum Gasteiger partial charge on any atom is 0.494 e. The first-order valence-electron chi connectivity index (χ1n) is 42.5. The Morgan fingerprint density at radius 2 is 0.389 bits per heavy atom. The molecule has 0 bridgehead atoms. The van der Waals surface area contributed by atoms with E-state index in [2.05, 4.69) is 403 Å². The molecule has 0 radical (unpaired) electrons. The van der Waals surface area contributed by atoms with Crippen LogP contribution in [0.2, 0.25) is 0 Å². The second-order valence-corrected chi connectivity index (χ2v) is 32.7. The lowest BCUT2D eigenvalue weighted by Crippen LogP contribution is -2.41. The van der Waals surface area contributed by atoms with Crippen LogP contribution < -0.4 is 5.46 Å². The zero-order chi connectivity index (χ0) is 85.3. The normalized spacial score (nSPS) is 12.5. The summed E-state index contributed by atoms with van der Waals surface area (Å²) >= 11 is 0. The Morgan fingerprint density at radius 1 is 0.183 bits per heavy atom. The van der Waals surface area contributed by atoms with Gasteiger partial charge in [-0.05, 0) is 228 Å². The number of hydrogen-bond donors (Lipinski definition) is 0. The molecule has 5 heterocycles. The molecule has 0 amide bonds. The van der Waals surface area contributed by atoms with Gasteiger partial charge in [0.1, 0.15) is 0 Å². The van der Waals surface area contributed by atoms with E-state index in [0.717, 1.165) is 117 Å². The number of fused-ring (bicyclic) bond motifs is 2. The molecule has 20 aromatic rings. The minimum Gasteiger partial charge on any atom is -0.399 e. The van der Waals surface area contributed by atoms with E-state index in [-0.39, 0.29) is 0 Å². The predicted octanol–water partition coefficient (Wildman–Crippen LogP) is 28.1. The molecule has 0 saturated carbocycles. The fraction of sp³-hybridized carbons (Fsp3) is 0.0609. The first kappa shape index (κ1) is 80.1. The molecule has 1 saturated heterocycles. The first-order chi connectivity index (χ1) is 61.7. The average molecular weight is 1620 g/mol. The molecule has 1 fully saturated rings. The van der Waals surface area contributed by atoms with E-state index in [1.165, 1.54) is 49.4 Å². The van der Waals surface area contributed by atoms with Gasteiger partial charge < -0.3 is 9.31 Å². The highest BCUT2D eigenvalue weighted by Gasteiger charge is 2.52. The van der Waals surface area contributed by atoms with Gasteiger partial charge in [-0.3, -0.25) is 9.97 Å². The summed E-state index contributed by atoms with van der Waals surface area (Å²) in [5.41, 5.74) is 27.0. The lowest BCUT2D eigenvalue weighted by Gasteiger charge is -2.32. The smallest absolute Gasteiger partial charge is 0.399 e. The van der Waals surface area contributed by atoms with Crippen LogP contribution in [0.15, 0.2) is 437 Å². The van der Waals surface area contributed by atoms with E-state index in [1.807, 2.05) is 67.0 Å². The Balaban J connectivity index is 0.000000139. The highest BCUT2D eigenvalue weighted by Crippen LogP contribution is 2.41. The van der Waals surface area contributed by atoms with Crippen LogP contribution in [0, 0.1) is 6.92 Å². The summed E-state index contributed by atoms with van der Waals surface area (Å²) in [6.45, 7) is 10.4. The Morgan fingerprint density at radius 3 is 0.706 bits per heavy atom. The molecule has 11 heteroatoms. The third kappa shape index (κ3) is 18.0. The fourth-order valence-electron chi connectivity index (χ4n) is 15.9. The highest BCUT2D eigenvalue weighted by atomic mass is 16.7.